The fraction of sp³-hybridized carbons (Fsp3) is 0.0667. The molecule has 0 spiro atoms. The second kappa shape index (κ2) is 4.11. The van der Waals surface area contributed by atoms with Gasteiger partial charge in [0, 0.05) is 19.1 Å². The van der Waals surface area contributed by atoms with Gasteiger partial charge >= 0.3 is 0 Å². The van der Waals surface area contributed by atoms with Crippen molar-refractivity contribution in [1.82, 2.24) is 0 Å². The second-order valence-corrected chi connectivity index (χ2v) is 4.11. The molecule has 0 aliphatic rings. The molecule has 3 rings (SSSR count). The third kappa shape index (κ3) is 1.61. The molecule has 1 aromatic carbocycles. The second-order valence-electron chi connectivity index (χ2n) is 4.11. The van der Waals surface area contributed by atoms with Crippen molar-refractivity contribution in [3.05, 3.63) is 70.8 Å². The van der Waals surface area contributed by atoms with Crippen LogP contribution in [0.2, 0.25) is 0 Å². The molecule has 2 heterocycles. The first-order valence-corrected chi connectivity index (χ1v) is 5.76. The molecular weight excluding hydrogens is 226 g/mol. The van der Waals surface area contributed by atoms with Crippen molar-refractivity contribution >= 4 is 11.0 Å². The summed E-state index contributed by atoms with van der Waals surface area (Å²) in [6.07, 6.45) is 3.68. The highest BCUT2D eigenvalue weighted by atomic mass is 16.3. The van der Waals surface area contributed by atoms with Gasteiger partial charge in [-0.1, -0.05) is 18.2 Å². The van der Waals surface area contributed by atoms with Crippen LogP contribution in [0.25, 0.3) is 16.7 Å². The normalized spacial score (nSPS) is 10.7. The highest BCUT2D eigenvalue weighted by Crippen LogP contribution is 2.14. The molecule has 0 N–H and O–H groups in total. The van der Waals surface area contributed by atoms with Gasteiger partial charge in [-0.2, -0.15) is 4.57 Å². The number of pyridine rings is 1. The van der Waals surface area contributed by atoms with Gasteiger partial charge in [0.1, 0.15) is 5.58 Å². The molecule has 0 saturated carbocycles. The molecule has 0 atom stereocenters. The van der Waals surface area contributed by atoms with Crippen LogP contribution in [0.5, 0.6) is 0 Å². The lowest BCUT2D eigenvalue weighted by Gasteiger charge is -2.01. The lowest BCUT2D eigenvalue weighted by Crippen LogP contribution is -2.36. The van der Waals surface area contributed by atoms with Crippen molar-refractivity contribution < 1.29 is 8.98 Å². The van der Waals surface area contributed by atoms with Crippen LogP contribution in [0, 0.1) is 6.92 Å². The predicted octanol–water partition coefficient (Wildman–Crippen LogP) is 2.38. The van der Waals surface area contributed by atoms with Crippen molar-refractivity contribution in [2.75, 3.05) is 0 Å². The lowest BCUT2D eigenvalue weighted by atomic mass is 10.2. The fourth-order valence-corrected chi connectivity index (χ4v) is 2.09. The zero-order valence-corrected chi connectivity index (χ0v) is 9.96. The maximum absolute atomic E-state index is 12.5. The first kappa shape index (κ1) is 10.7. The Morgan fingerprint density at radius 2 is 1.72 bits per heavy atom. The van der Waals surface area contributed by atoms with Gasteiger partial charge in [-0.15, -0.1) is 0 Å². The summed E-state index contributed by atoms with van der Waals surface area (Å²) in [5.41, 5.74) is 1.18. The standard InChI is InChI=1S/C15H12NO2/c1-11-14(16-9-5-2-6-10-16)15(17)12-7-3-4-8-13(12)18-11/h2-10H,1H3/q+1. The van der Waals surface area contributed by atoms with Gasteiger partial charge in [0.15, 0.2) is 18.2 Å². The maximum Gasteiger partial charge on any atom is 0.297 e. The number of hydrogen-bond acceptors (Lipinski definition) is 2. The Labute approximate surface area is 104 Å². The van der Waals surface area contributed by atoms with E-state index < -0.39 is 0 Å². The summed E-state index contributed by atoms with van der Waals surface area (Å²) in [5.74, 6) is 0.620. The van der Waals surface area contributed by atoms with Crippen molar-refractivity contribution in [1.29, 1.82) is 0 Å². The number of aromatic nitrogens is 1. The van der Waals surface area contributed by atoms with Crippen LogP contribution >= 0.6 is 0 Å². The summed E-state index contributed by atoms with van der Waals surface area (Å²) in [6, 6.07) is 13.0. The highest BCUT2D eigenvalue weighted by molar-refractivity contribution is 5.77. The maximum atomic E-state index is 12.5. The van der Waals surface area contributed by atoms with Crippen LogP contribution in [-0.4, -0.2) is 0 Å². The Morgan fingerprint density at radius 3 is 2.50 bits per heavy atom. The zero-order valence-electron chi connectivity index (χ0n) is 9.96. The van der Waals surface area contributed by atoms with Crippen LogP contribution in [-0.2, 0) is 0 Å². The minimum absolute atomic E-state index is 0.00875. The summed E-state index contributed by atoms with van der Waals surface area (Å²) in [5, 5.41) is 0.606. The minimum Gasteiger partial charge on any atom is -0.454 e. The molecule has 18 heavy (non-hydrogen) atoms. The van der Waals surface area contributed by atoms with Gasteiger partial charge in [-0.05, 0) is 12.1 Å². The van der Waals surface area contributed by atoms with Crippen molar-refractivity contribution in [2.24, 2.45) is 0 Å². The van der Waals surface area contributed by atoms with Gasteiger partial charge in [0.2, 0.25) is 0 Å². The van der Waals surface area contributed by atoms with Gasteiger partial charge in [0.05, 0.1) is 5.39 Å². The summed E-state index contributed by atoms with van der Waals surface area (Å²) < 4.78 is 7.49. The molecule has 3 nitrogen and oxygen atoms in total. The summed E-state index contributed by atoms with van der Waals surface area (Å²) in [4.78, 5) is 12.5. The Morgan fingerprint density at radius 1 is 1.00 bits per heavy atom. The van der Waals surface area contributed by atoms with Crippen LogP contribution in [0.15, 0.2) is 64.1 Å². The number of hydrogen-bond donors (Lipinski definition) is 0. The number of nitrogens with zero attached hydrogens (tertiary/aromatic N) is 1. The van der Waals surface area contributed by atoms with Gasteiger partial charge in [0.25, 0.3) is 11.1 Å². The third-order valence-electron chi connectivity index (χ3n) is 2.92. The van der Waals surface area contributed by atoms with Crippen LogP contribution in [0.1, 0.15) is 5.76 Å². The van der Waals surface area contributed by atoms with E-state index in [9.17, 15) is 4.79 Å². The number of aryl methyl sites for hydroxylation is 1. The van der Waals surface area contributed by atoms with E-state index in [1.165, 1.54) is 0 Å². The van der Waals surface area contributed by atoms with Gasteiger partial charge in [-0.3, -0.25) is 4.79 Å². The number of benzene rings is 1. The Balaban J connectivity index is 2.41. The Bertz CT molecular complexity index is 760. The number of fused-ring (bicyclic) bond motifs is 1. The van der Waals surface area contributed by atoms with Gasteiger partial charge < -0.3 is 4.42 Å². The van der Waals surface area contributed by atoms with Crippen molar-refractivity contribution in [2.45, 2.75) is 6.92 Å². The summed E-state index contributed by atoms with van der Waals surface area (Å²) in [6.45, 7) is 1.81. The molecule has 0 aliphatic heterocycles. The summed E-state index contributed by atoms with van der Waals surface area (Å²) in [7, 11) is 0. The highest BCUT2D eigenvalue weighted by Gasteiger charge is 2.19. The van der Waals surface area contributed by atoms with E-state index in [1.807, 2.05) is 55.7 Å². The molecule has 88 valence electrons. The van der Waals surface area contributed by atoms with Crippen LogP contribution in [0.4, 0.5) is 0 Å². The quantitative estimate of drug-likeness (QED) is 0.610. The van der Waals surface area contributed by atoms with E-state index >= 15 is 0 Å². The Hall–Kier alpha value is -2.42. The van der Waals surface area contributed by atoms with E-state index in [0.29, 0.717) is 22.4 Å². The monoisotopic (exact) mass is 238 g/mol. The lowest BCUT2D eigenvalue weighted by molar-refractivity contribution is -0.597. The molecule has 0 amide bonds. The van der Waals surface area contributed by atoms with Crippen LogP contribution in [0.3, 0.4) is 0 Å². The SMILES string of the molecule is Cc1oc2ccccc2c(=O)c1-[n+]1ccccc1. The molecule has 0 bridgehead atoms. The number of para-hydroxylation sites is 1. The van der Waals surface area contributed by atoms with E-state index in [0.717, 1.165) is 0 Å². The zero-order chi connectivity index (χ0) is 12.5. The fourth-order valence-electron chi connectivity index (χ4n) is 2.09. The first-order valence-electron chi connectivity index (χ1n) is 5.76. The van der Waals surface area contributed by atoms with E-state index in [-0.39, 0.29) is 5.43 Å². The predicted molar refractivity (Wildman–Crippen MR) is 68.8 cm³/mol. The average molecular weight is 238 g/mol. The topological polar surface area (TPSA) is 34.1 Å². The first-order chi connectivity index (χ1) is 8.77. The summed E-state index contributed by atoms with van der Waals surface area (Å²) >= 11 is 0. The molecule has 0 radical (unpaired) electrons. The molecule has 0 unspecified atom stereocenters. The average Bonchev–Trinajstić information content (AvgIpc) is 2.40. The molecule has 0 saturated heterocycles. The minimum atomic E-state index is -0.00875. The molecular formula is C15H12NO2+. The van der Waals surface area contributed by atoms with Crippen LogP contribution < -0.4 is 10.00 Å². The number of rotatable bonds is 1. The molecule has 3 aromatic rings. The molecule has 2 aromatic heterocycles. The third-order valence-corrected chi connectivity index (χ3v) is 2.92. The Kier molecular flexibility index (Phi) is 2.45. The van der Waals surface area contributed by atoms with E-state index in [4.69, 9.17) is 4.42 Å². The van der Waals surface area contributed by atoms with Gasteiger partial charge in [-0.25, -0.2) is 0 Å². The smallest absolute Gasteiger partial charge is 0.297 e. The largest absolute Gasteiger partial charge is 0.454 e. The molecule has 0 fully saturated rings. The van der Waals surface area contributed by atoms with E-state index in [2.05, 4.69) is 0 Å². The molecule has 3 heteroatoms. The van der Waals surface area contributed by atoms with Crippen molar-refractivity contribution in [3.63, 3.8) is 0 Å². The van der Waals surface area contributed by atoms with Crippen molar-refractivity contribution in [3.8, 4) is 5.69 Å². The molecule has 0 aliphatic carbocycles. The van der Waals surface area contributed by atoms with E-state index in [1.54, 1.807) is 10.6 Å².